The molecule has 336 valence electrons. The number of phosphoric acid groups is 1. The Balaban J connectivity index is 4.54. The van der Waals surface area contributed by atoms with Gasteiger partial charge in [-0.1, -0.05) is 137 Å². The molecule has 0 aliphatic carbocycles. The van der Waals surface area contributed by atoms with Crippen molar-refractivity contribution in [3.05, 3.63) is 97.2 Å². The van der Waals surface area contributed by atoms with E-state index in [2.05, 4.69) is 86.8 Å². The van der Waals surface area contributed by atoms with Gasteiger partial charge >= 0.3 is 19.8 Å². The molecule has 0 fully saturated rings. The summed E-state index contributed by atoms with van der Waals surface area (Å²) < 4.78 is 32.5. The molecule has 0 rings (SSSR count). The minimum Gasteiger partial charge on any atom is -0.462 e. The van der Waals surface area contributed by atoms with Crippen LogP contribution in [0.15, 0.2) is 97.2 Å². The van der Waals surface area contributed by atoms with Crippen LogP contribution in [0.5, 0.6) is 0 Å². The second-order valence-corrected chi connectivity index (χ2v) is 15.6. The molecule has 0 aromatic heterocycles. The average Bonchev–Trinajstić information content (AvgIpc) is 3.22. The Morgan fingerprint density at radius 2 is 1.05 bits per heavy atom. The topological polar surface area (TPSA) is 175 Å². The highest BCUT2D eigenvalue weighted by Gasteiger charge is 2.26. The molecule has 0 saturated carbocycles. The molecule has 4 atom stereocenters. The number of allylic oxidation sites excluding steroid dienone is 15. The molecule has 5 N–H and O–H groups in total. The third-order valence-electron chi connectivity index (χ3n) is 8.66. The van der Waals surface area contributed by atoms with Crippen molar-refractivity contribution < 1.29 is 47.8 Å². The van der Waals surface area contributed by atoms with Crippen LogP contribution in [-0.2, 0) is 32.7 Å². The van der Waals surface area contributed by atoms with Crippen LogP contribution in [0, 0.1) is 0 Å². The molecule has 59 heavy (non-hydrogen) atoms. The molecule has 3 unspecified atom stereocenters. The van der Waals surface area contributed by atoms with Crippen LogP contribution in [0.25, 0.3) is 0 Å². The summed E-state index contributed by atoms with van der Waals surface area (Å²) in [6.07, 6.45) is 46.3. The van der Waals surface area contributed by atoms with Crippen molar-refractivity contribution in [3.63, 3.8) is 0 Å². The number of aliphatic hydroxyl groups is 2. The molecule has 0 bridgehead atoms. The molecule has 0 amide bonds. The maximum absolute atomic E-state index is 12.6. The number of ether oxygens (including phenoxy) is 2. The fourth-order valence-corrected chi connectivity index (χ4v) is 6.01. The number of carbonyl (C=O) groups excluding carboxylic acids is 2. The number of hydrogen-bond donors (Lipinski definition) is 4. The van der Waals surface area contributed by atoms with Gasteiger partial charge in [-0.2, -0.15) is 0 Å². The first kappa shape index (κ1) is 55.9. The van der Waals surface area contributed by atoms with E-state index in [4.69, 9.17) is 24.3 Å². The van der Waals surface area contributed by atoms with Crippen molar-refractivity contribution >= 4 is 19.8 Å². The standard InChI is InChI=1S/C47H78NO10P/c1-3-5-7-9-11-13-15-17-18-19-20-21-22-23-25-27-29-31-33-37-47(52)58-43(42-57-59(53,54)56-40-39-48)41-55-46(51)38-34-36-45(50)44(49)35-32-30-28-26-24-16-14-12-10-8-6-4-2/h11-14,17-18,20-21,23-26,29-32,43-45,49-50H,3-10,15-16,19,22,27-28,33-42,48H2,1-2H3,(H,53,54)/b13-11-,14-12-,18-17-,21-20-,25-23-,26-24-,31-29-,32-30-/t43-,44?,45?/m1/s1. The van der Waals surface area contributed by atoms with Gasteiger partial charge in [0.05, 0.1) is 25.4 Å². The number of nitrogens with two attached hydrogens (primary N) is 1. The lowest BCUT2D eigenvalue weighted by atomic mass is 10.0. The van der Waals surface area contributed by atoms with Crippen LogP contribution in [0.1, 0.15) is 142 Å². The number of aliphatic hydroxyl groups excluding tert-OH is 2. The first-order valence-electron chi connectivity index (χ1n) is 21.9. The number of esters is 2. The first-order valence-corrected chi connectivity index (χ1v) is 23.4. The van der Waals surface area contributed by atoms with Crippen LogP contribution in [0.4, 0.5) is 0 Å². The summed E-state index contributed by atoms with van der Waals surface area (Å²) >= 11 is 0. The van der Waals surface area contributed by atoms with E-state index in [1.807, 2.05) is 24.3 Å². The molecule has 0 aliphatic rings. The van der Waals surface area contributed by atoms with E-state index < -0.39 is 51.3 Å². The number of carbonyl (C=O) groups is 2. The summed E-state index contributed by atoms with van der Waals surface area (Å²) in [4.78, 5) is 34.9. The molecule has 0 heterocycles. The van der Waals surface area contributed by atoms with E-state index in [1.54, 1.807) is 0 Å². The van der Waals surface area contributed by atoms with E-state index >= 15 is 0 Å². The van der Waals surface area contributed by atoms with Crippen molar-refractivity contribution in [2.75, 3.05) is 26.4 Å². The third kappa shape index (κ3) is 40.0. The Hall–Kier alpha value is -3.15. The molecule has 11 nitrogen and oxygen atoms in total. The number of hydrogen-bond acceptors (Lipinski definition) is 10. The van der Waals surface area contributed by atoms with Gasteiger partial charge in [0.25, 0.3) is 0 Å². The normalized spacial score (nSPS) is 15.3. The molecule has 0 aromatic carbocycles. The van der Waals surface area contributed by atoms with Crippen LogP contribution >= 0.6 is 7.82 Å². The van der Waals surface area contributed by atoms with Gasteiger partial charge in [-0.3, -0.25) is 18.6 Å². The summed E-state index contributed by atoms with van der Waals surface area (Å²) in [5, 5.41) is 20.6. The lowest BCUT2D eigenvalue weighted by Gasteiger charge is -2.20. The predicted octanol–water partition coefficient (Wildman–Crippen LogP) is 10.5. The number of unbranched alkanes of at least 4 members (excludes halogenated alkanes) is 6. The molecule has 12 heteroatoms. The molecular formula is C47H78NO10P. The highest BCUT2D eigenvalue weighted by atomic mass is 31.2. The van der Waals surface area contributed by atoms with E-state index in [1.165, 1.54) is 38.5 Å². The zero-order valence-corrected chi connectivity index (χ0v) is 37.1. The van der Waals surface area contributed by atoms with Crippen molar-refractivity contribution in [2.45, 2.75) is 161 Å². The van der Waals surface area contributed by atoms with Crippen LogP contribution in [0.2, 0.25) is 0 Å². The summed E-state index contributed by atoms with van der Waals surface area (Å²) in [6, 6.07) is 0. The minimum absolute atomic E-state index is 0.00252. The Bertz CT molecular complexity index is 1320. The molecule has 0 aliphatic heterocycles. The highest BCUT2D eigenvalue weighted by Crippen LogP contribution is 2.43. The summed E-state index contributed by atoms with van der Waals surface area (Å²) in [5.74, 6) is -1.22. The zero-order chi connectivity index (χ0) is 43.5. The zero-order valence-electron chi connectivity index (χ0n) is 36.2. The predicted molar refractivity (Wildman–Crippen MR) is 240 cm³/mol. The van der Waals surface area contributed by atoms with Gasteiger partial charge in [-0.05, 0) is 89.9 Å². The van der Waals surface area contributed by atoms with Gasteiger partial charge in [0, 0.05) is 19.4 Å². The summed E-state index contributed by atoms with van der Waals surface area (Å²) in [5.41, 5.74) is 5.33. The molecule has 0 spiro atoms. The Morgan fingerprint density at radius 3 is 1.54 bits per heavy atom. The average molecular weight is 848 g/mol. The fraction of sp³-hybridized carbons (Fsp3) is 0.617. The van der Waals surface area contributed by atoms with Gasteiger partial charge in [0.2, 0.25) is 0 Å². The smallest absolute Gasteiger partial charge is 0.462 e. The first-order chi connectivity index (χ1) is 28.6. The monoisotopic (exact) mass is 848 g/mol. The molecular weight excluding hydrogens is 769 g/mol. The molecule has 0 radical (unpaired) electrons. The van der Waals surface area contributed by atoms with Gasteiger partial charge < -0.3 is 30.3 Å². The maximum Gasteiger partial charge on any atom is 0.472 e. The van der Waals surface area contributed by atoms with E-state index in [0.29, 0.717) is 6.42 Å². The second kappa shape index (κ2) is 41.6. The Kier molecular flexibility index (Phi) is 39.4. The SMILES string of the molecule is CCCCC/C=C\C/C=C\C/C=C\C/C=C\C/C=C\CCC(=O)O[C@H](COC(=O)CCCC(O)C(O)C/C=C\C/C=C\C/C=C\CCCCC)COP(=O)(O)OCCN. The Labute approximate surface area is 356 Å². The van der Waals surface area contributed by atoms with Crippen molar-refractivity contribution in [1.82, 2.24) is 0 Å². The molecule has 0 aromatic rings. The van der Waals surface area contributed by atoms with Gasteiger partial charge in [-0.25, -0.2) is 4.57 Å². The van der Waals surface area contributed by atoms with Gasteiger partial charge in [0.1, 0.15) is 6.61 Å². The van der Waals surface area contributed by atoms with Crippen LogP contribution < -0.4 is 5.73 Å². The molecule has 0 saturated heterocycles. The third-order valence-corrected chi connectivity index (χ3v) is 9.64. The van der Waals surface area contributed by atoms with Crippen molar-refractivity contribution in [3.8, 4) is 0 Å². The van der Waals surface area contributed by atoms with Crippen LogP contribution in [0.3, 0.4) is 0 Å². The lowest BCUT2D eigenvalue weighted by molar-refractivity contribution is -0.161. The van der Waals surface area contributed by atoms with Crippen molar-refractivity contribution in [2.24, 2.45) is 5.73 Å². The Morgan fingerprint density at radius 1 is 0.576 bits per heavy atom. The second-order valence-electron chi connectivity index (χ2n) is 14.2. The van der Waals surface area contributed by atoms with E-state index in [-0.39, 0.29) is 45.3 Å². The van der Waals surface area contributed by atoms with E-state index in [9.17, 15) is 29.3 Å². The quantitative estimate of drug-likeness (QED) is 0.0200. The lowest BCUT2D eigenvalue weighted by Crippen LogP contribution is -2.30. The van der Waals surface area contributed by atoms with Gasteiger partial charge in [-0.15, -0.1) is 0 Å². The van der Waals surface area contributed by atoms with Crippen molar-refractivity contribution in [1.29, 1.82) is 0 Å². The number of phosphoric ester groups is 1. The van der Waals surface area contributed by atoms with Gasteiger partial charge in [0.15, 0.2) is 6.10 Å². The summed E-state index contributed by atoms with van der Waals surface area (Å²) in [7, 11) is -4.47. The van der Waals surface area contributed by atoms with E-state index in [0.717, 1.165) is 51.4 Å². The highest BCUT2D eigenvalue weighted by molar-refractivity contribution is 7.47. The number of rotatable bonds is 39. The fourth-order valence-electron chi connectivity index (χ4n) is 5.25. The van der Waals surface area contributed by atoms with Crippen LogP contribution in [-0.4, -0.2) is 71.7 Å². The minimum atomic E-state index is -4.47. The largest absolute Gasteiger partial charge is 0.472 e. The summed E-state index contributed by atoms with van der Waals surface area (Å²) in [6.45, 7) is 3.23. The maximum atomic E-state index is 12.6.